The number of ether oxygens (including phenoxy) is 2. The molecule has 0 heterocycles. The van der Waals surface area contributed by atoms with Crippen LogP contribution in [-0.4, -0.2) is 72.3 Å². The highest BCUT2D eigenvalue weighted by Crippen LogP contribution is 2.08. The predicted molar refractivity (Wildman–Crippen MR) is 47.8 cm³/mol. The quantitative estimate of drug-likeness (QED) is 0.378. The Kier molecular flexibility index (Phi) is 6.98. The molecule has 0 bridgehead atoms. The lowest BCUT2D eigenvalue weighted by atomic mass is 10.0. The summed E-state index contributed by atoms with van der Waals surface area (Å²) in [6.45, 7) is -0.617. The van der Waals surface area contributed by atoms with E-state index in [9.17, 15) is 15.3 Å². The molecule has 0 aliphatic rings. The minimum atomic E-state index is -1.30. The zero-order chi connectivity index (χ0) is 11.1. The van der Waals surface area contributed by atoms with Crippen LogP contribution in [0.1, 0.15) is 0 Å². The fourth-order valence-electron chi connectivity index (χ4n) is 1.12. The average Bonchev–Trinajstić information content (AvgIpc) is 2.18. The van der Waals surface area contributed by atoms with Gasteiger partial charge in [0.05, 0.1) is 13.2 Å². The number of rotatable bonds is 7. The van der Waals surface area contributed by atoms with E-state index in [1.54, 1.807) is 0 Å². The minimum absolute atomic E-state index is 0.0703. The molecule has 0 aliphatic carbocycles. The standard InChI is InChI=1S/C8H18O6/c1-13-4-6(11)7(12)8(14-2)5(10)3-9/h5-12H,3-4H2,1-2H3/t5-,6+,7+,8+/m0/s1. The monoisotopic (exact) mass is 210 g/mol. The molecule has 0 amide bonds. The minimum Gasteiger partial charge on any atom is -0.394 e. The first kappa shape index (κ1) is 13.8. The number of aliphatic hydroxyl groups is 4. The van der Waals surface area contributed by atoms with Gasteiger partial charge < -0.3 is 29.9 Å². The first-order valence-corrected chi connectivity index (χ1v) is 4.25. The van der Waals surface area contributed by atoms with E-state index < -0.39 is 31.0 Å². The van der Waals surface area contributed by atoms with Crippen molar-refractivity contribution in [3.05, 3.63) is 0 Å². The summed E-state index contributed by atoms with van der Waals surface area (Å²) in [7, 11) is 2.65. The summed E-state index contributed by atoms with van der Waals surface area (Å²) >= 11 is 0. The molecule has 6 nitrogen and oxygen atoms in total. The molecule has 0 aromatic rings. The lowest BCUT2D eigenvalue weighted by Gasteiger charge is -2.28. The van der Waals surface area contributed by atoms with Crippen LogP contribution in [-0.2, 0) is 9.47 Å². The lowest BCUT2D eigenvalue weighted by Crippen LogP contribution is -2.48. The number of hydrogen-bond donors (Lipinski definition) is 4. The van der Waals surface area contributed by atoms with Gasteiger partial charge in [0.1, 0.15) is 24.4 Å². The van der Waals surface area contributed by atoms with E-state index in [1.165, 1.54) is 14.2 Å². The Balaban J connectivity index is 4.21. The van der Waals surface area contributed by atoms with Crippen molar-refractivity contribution in [2.75, 3.05) is 27.4 Å². The highest BCUT2D eigenvalue weighted by atomic mass is 16.5. The molecule has 4 atom stereocenters. The van der Waals surface area contributed by atoms with Crippen LogP contribution in [0.3, 0.4) is 0 Å². The fraction of sp³-hybridized carbons (Fsp3) is 1.00. The van der Waals surface area contributed by atoms with Crippen LogP contribution in [0.2, 0.25) is 0 Å². The van der Waals surface area contributed by atoms with Crippen molar-refractivity contribution in [2.45, 2.75) is 24.4 Å². The molecule has 0 rings (SSSR count). The summed E-state index contributed by atoms with van der Waals surface area (Å²) in [5.74, 6) is 0. The van der Waals surface area contributed by atoms with Crippen LogP contribution >= 0.6 is 0 Å². The van der Waals surface area contributed by atoms with Crippen LogP contribution < -0.4 is 0 Å². The zero-order valence-electron chi connectivity index (χ0n) is 8.33. The average molecular weight is 210 g/mol. The van der Waals surface area contributed by atoms with Crippen LogP contribution in [0.5, 0.6) is 0 Å². The molecule has 0 aliphatic heterocycles. The third kappa shape index (κ3) is 3.87. The maximum Gasteiger partial charge on any atom is 0.114 e. The molecule has 0 radical (unpaired) electrons. The molecule has 0 saturated heterocycles. The Morgan fingerprint density at radius 2 is 1.64 bits per heavy atom. The van der Waals surface area contributed by atoms with Gasteiger partial charge in [0, 0.05) is 14.2 Å². The van der Waals surface area contributed by atoms with E-state index in [2.05, 4.69) is 4.74 Å². The van der Waals surface area contributed by atoms with E-state index in [1.807, 2.05) is 0 Å². The molecule has 0 saturated carbocycles. The van der Waals surface area contributed by atoms with Crippen LogP contribution in [0.25, 0.3) is 0 Å². The molecule has 6 heteroatoms. The Bertz CT molecular complexity index is 142. The van der Waals surface area contributed by atoms with Gasteiger partial charge in [-0.25, -0.2) is 0 Å². The van der Waals surface area contributed by atoms with Gasteiger partial charge in [-0.3, -0.25) is 0 Å². The summed E-state index contributed by atoms with van der Waals surface area (Å²) in [5, 5.41) is 36.7. The fourth-order valence-corrected chi connectivity index (χ4v) is 1.12. The van der Waals surface area contributed by atoms with Gasteiger partial charge in [-0.15, -0.1) is 0 Å². The Labute approximate surface area is 82.7 Å². The first-order valence-electron chi connectivity index (χ1n) is 4.25. The second-order valence-electron chi connectivity index (χ2n) is 2.96. The van der Waals surface area contributed by atoms with E-state index >= 15 is 0 Å². The SMILES string of the molecule is COC[C@@H](O)[C@@H](O)[C@H](OC)[C@@H](O)CO. The summed E-state index contributed by atoms with van der Waals surface area (Å²) in [5.41, 5.74) is 0. The van der Waals surface area contributed by atoms with Gasteiger partial charge >= 0.3 is 0 Å². The molecule has 0 aromatic heterocycles. The summed E-state index contributed by atoms with van der Waals surface area (Å²) in [4.78, 5) is 0. The van der Waals surface area contributed by atoms with Gasteiger partial charge in [0.25, 0.3) is 0 Å². The third-order valence-corrected chi connectivity index (χ3v) is 1.91. The van der Waals surface area contributed by atoms with Crippen molar-refractivity contribution in [2.24, 2.45) is 0 Å². The van der Waals surface area contributed by atoms with Gasteiger partial charge in [-0.1, -0.05) is 0 Å². The summed E-state index contributed by atoms with van der Waals surface area (Å²) in [6, 6.07) is 0. The molecular weight excluding hydrogens is 192 g/mol. The summed E-state index contributed by atoms with van der Waals surface area (Å²) in [6.07, 6.45) is -4.74. The number of methoxy groups -OCH3 is 2. The van der Waals surface area contributed by atoms with Gasteiger partial charge in [-0.2, -0.15) is 0 Å². The smallest absolute Gasteiger partial charge is 0.114 e. The van der Waals surface area contributed by atoms with E-state index in [0.717, 1.165) is 0 Å². The maximum absolute atomic E-state index is 9.48. The second-order valence-corrected chi connectivity index (χ2v) is 2.96. The van der Waals surface area contributed by atoms with Crippen LogP contribution in [0.15, 0.2) is 0 Å². The Morgan fingerprint density at radius 1 is 1.07 bits per heavy atom. The zero-order valence-corrected chi connectivity index (χ0v) is 8.33. The molecule has 14 heavy (non-hydrogen) atoms. The highest BCUT2D eigenvalue weighted by molar-refractivity contribution is 4.81. The van der Waals surface area contributed by atoms with E-state index in [4.69, 9.17) is 9.84 Å². The normalized spacial score (nSPS) is 20.1. The van der Waals surface area contributed by atoms with Crippen LogP contribution in [0.4, 0.5) is 0 Å². The van der Waals surface area contributed by atoms with Gasteiger partial charge in [0.15, 0.2) is 0 Å². The Hall–Kier alpha value is -0.240. The lowest BCUT2D eigenvalue weighted by molar-refractivity contribution is -0.139. The third-order valence-electron chi connectivity index (χ3n) is 1.91. The van der Waals surface area contributed by atoms with Crippen LogP contribution in [0, 0.1) is 0 Å². The van der Waals surface area contributed by atoms with Crippen molar-refractivity contribution in [3.8, 4) is 0 Å². The molecule has 0 unspecified atom stereocenters. The van der Waals surface area contributed by atoms with E-state index in [-0.39, 0.29) is 6.61 Å². The molecular formula is C8H18O6. The molecule has 0 aromatic carbocycles. The highest BCUT2D eigenvalue weighted by Gasteiger charge is 2.31. The number of aliphatic hydroxyl groups excluding tert-OH is 4. The van der Waals surface area contributed by atoms with Gasteiger partial charge in [0.2, 0.25) is 0 Å². The summed E-state index contributed by atoms with van der Waals surface area (Å²) < 4.78 is 9.38. The Morgan fingerprint density at radius 3 is 2.00 bits per heavy atom. The molecule has 86 valence electrons. The molecule has 0 fully saturated rings. The largest absolute Gasteiger partial charge is 0.394 e. The molecule has 0 spiro atoms. The van der Waals surface area contributed by atoms with Gasteiger partial charge in [-0.05, 0) is 0 Å². The van der Waals surface area contributed by atoms with Crippen molar-refractivity contribution in [1.29, 1.82) is 0 Å². The van der Waals surface area contributed by atoms with Crippen molar-refractivity contribution in [1.82, 2.24) is 0 Å². The first-order chi connectivity index (χ1) is 6.58. The van der Waals surface area contributed by atoms with Crippen molar-refractivity contribution < 1.29 is 29.9 Å². The molecule has 4 N–H and O–H groups in total. The maximum atomic E-state index is 9.48. The van der Waals surface area contributed by atoms with Crippen molar-refractivity contribution >= 4 is 0 Å². The second kappa shape index (κ2) is 7.10. The predicted octanol–water partition coefficient (Wildman–Crippen LogP) is -2.28. The topological polar surface area (TPSA) is 99.4 Å². The van der Waals surface area contributed by atoms with E-state index in [0.29, 0.717) is 0 Å². The van der Waals surface area contributed by atoms with Crippen molar-refractivity contribution in [3.63, 3.8) is 0 Å². The number of hydrogen-bond acceptors (Lipinski definition) is 6.